The average Bonchev–Trinajstić information content (AvgIpc) is 2.75. The molecule has 0 bridgehead atoms. The number of carbonyl (C=O) groups excluding carboxylic acids is 1. The van der Waals surface area contributed by atoms with Crippen molar-refractivity contribution in [2.24, 2.45) is 0 Å². The summed E-state index contributed by atoms with van der Waals surface area (Å²) in [5.41, 5.74) is 0. The van der Waals surface area contributed by atoms with Crippen LogP contribution >= 0.6 is 0 Å². The second-order valence-corrected chi connectivity index (χ2v) is 9.20. The third-order valence-electron chi connectivity index (χ3n) is 6.35. The third-order valence-corrected chi connectivity index (χ3v) is 6.35. The first kappa shape index (κ1) is 30.1. The predicted octanol–water partition coefficient (Wildman–Crippen LogP) is 5.31. The van der Waals surface area contributed by atoms with E-state index >= 15 is 0 Å². The molecule has 184 valence electrons. The molecule has 1 unspecified atom stereocenters. The molecule has 0 rings (SSSR count). The van der Waals surface area contributed by atoms with Gasteiger partial charge in [-0.15, -0.1) is 0 Å². The SMILES string of the molecule is CCCCCCCC/C=C\CCCCCCCC(=O)NC(CC)[N+](C)(CCO)CCO. The molecule has 1 amide bonds. The Hall–Kier alpha value is -0.910. The fourth-order valence-electron chi connectivity index (χ4n) is 4.19. The van der Waals surface area contributed by atoms with E-state index in [2.05, 4.69) is 24.4 Å². The number of rotatable bonds is 22. The third kappa shape index (κ3) is 16.4. The van der Waals surface area contributed by atoms with Gasteiger partial charge in [-0.3, -0.25) is 4.79 Å². The van der Waals surface area contributed by atoms with Crippen molar-refractivity contribution in [3.63, 3.8) is 0 Å². The molecule has 0 aliphatic carbocycles. The van der Waals surface area contributed by atoms with Gasteiger partial charge in [0.05, 0.1) is 20.3 Å². The summed E-state index contributed by atoms with van der Waals surface area (Å²) in [4.78, 5) is 12.3. The highest BCUT2D eigenvalue weighted by molar-refractivity contribution is 5.75. The Morgan fingerprint density at radius 3 is 1.77 bits per heavy atom. The van der Waals surface area contributed by atoms with Gasteiger partial charge in [-0.05, 0) is 32.1 Å². The van der Waals surface area contributed by atoms with Crippen molar-refractivity contribution in [2.45, 2.75) is 116 Å². The van der Waals surface area contributed by atoms with Crippen LogP contribution in [-0.4, -0.2) is 60.1 Å². The summed E-state index contributed by atoms with van der Waals surface area (Å²) in [6, 6.07) is 0. The largest absolute Gasteiger partial charge is 0.391 e. The Balaban J connectivity index is 3.75. The normalized spacial score (nSPS) is 13.1. The zero-order valence-electron chi connectivity index (χ0n) is 20.9. The van der Waals surface area contributed by atoms with Crippen LogP contribution in [-0.2, 0) is 4.79 Å². The van der Waals surface area contributed by atoms with Crippen molar-refractivity contribution in [1.29, 1.82) is 0 Å². The molecule has 0 aromatic rings. The Morgan fingerprint density at radius 2 is 1.29 bits per heavy atom. The minimum Gasteiger partial charge on any atom is -0.391 e. The van der Waals surface area contributed by atoms with Crippen LogP contribution in [0.15, 0.2) is 12.2 Å². The molecule has 0 spiro atoms. The lowest BCUT2D eigenvalue weighted by Gasteiger charge is -2.40. The van der Waals surface area contributed by atoms with Gasteiger partial charge in [-0.2, -0.15) is 0 Å². The number of aliphatic hydroxyl groups excluding tert-OH is 2. The Labute approximate surface area is 192 Å². The highest BCUT2D eigenvalue weighted by atomic mass is 16.3. The van der Waals surface area contributed by atoms with E-state index in [9.17, 15) is 15.0 Å². The maximum Gasteiger partial charge on any atom is 0.224 e. The lowest BCUT2D eigenvalue weighted by Crippen LogP contribution is -2.61. The van der Waals surface area contributed by atoms with Gasteiger partial charge in [-0.1, -0.05) is 77.4 Å². The number of aliphatic hydroxyl groups is 2. The number of amides is 1. The minimum absolute atomic E-state index is 0.0527. The number of likely N-dealkylation sites (N-methyl/N-ethyl adjacent to an activating group) is 1. The van der Waals surface area contributed by atoms with Gasteiger partial charge in [0.25, 0.3) is 0 Å². The molecule has 1 atom stereocenters. The van der Waals surface area contributed by atoms with Gasteiger partial charge in [0.2, 0.25) is 5.91 Å². The van der Waals surface area contributed by atoms with Crippen LogP contribution in [0.4, 0.5) is 0 Å². The zero-order chi connectivity index (χ0) is 23.2. The molecule has 31 heavy (non-hydrogen) atoms. The van der Waals surface area contributed by atoms with Crippen LogP contribution in [0.25, 0.3) is 0 Å². The molecule has 5 heteroatoms. The Kier molecular flexibility index (Phi) is 20.3. The molecule has 0 fully saturated rings. The maximum atomic E-state index is 12.3. The number of hydrogen-bond acceptors (Lipinski definition) is 3. The second kappa shape index (κ2) is 21.0. The fourth-order valence-corrected chi connectivity index (χ4v) is 4.19. The molecule has 5 nitrogen and oxygen atoms in total. The average molecular weight is 442 g/mol. The van der Waals surface area contributed by atoms with E-state index in [1.54, 1.807) is 0 Å². The van der Waals surface area contributed by atoms with Gasteiger partial charge in [0.15, 0.2) is 6.17 Å². The van der Waals surface area contributed by atoms with Crippen molar-refractivity contribution < 1.29 is 19.5 Å². The van der Waals surface area contributed by atoms with Crippen LogP contribution in [0.5, 0.6) is 0 Å². The molecular weight excluding hydrogens is 388 g/mol. The number of quaternary nitrogens is 1. The molecule has 0 radical (unpaired) electrons. The van der Waals surface area contributed by atoms with E-state index in [-0.39, 0.29) is 25.3 Å². The van der Waals surface area contributed by atoms with E-state index < -0.39 is 0 Å². The highest BCUT2D eigenvalue weighted by Gasteiger charge is 2.31. The summed E-state index contributed by atoms with van der Waals surface area (Å²) >= 11 is 0. The van der Waals surface area contributed by atoms with Crippen molar-refractivity contribution in [3.05, 3.63) is 12.2 Å². The lowest BCUT2D eigenvalue weighted by atomic mass is 10.1. The van der Waals surface area contributed by atoms with E-state index in [0.29, 0.717) is 24.0 Å². The summed E-state index contributed by atoms with van der Waals surface area (Å²) in [5.74, 6) is 0.0877. The van der Waals surface area contributed by atoms with Gasteiger partial charge in [0.1, 0.15) is 13.1 Å². The number of nitrogens with one attached hydrogen (secondary N) is 1. The van der Waals surface area contributed by atoms with Crippen LogP contribution in [0.1, 0.15) is 110 Å². The van der Waals surface area contributed by atoms with Gasteiger partial charge in [0, 0.05) is 12.8 Å². The van der Waals surface area contributed by atoms with Crippen LogP contribution in [0.2, 0.25) is 0 Å². The quantitative estimate of drug-likeness (QED) is 0.0923. The summed E-state index contributed by atoms with van der Waals surface area (Å²) in [6.07, 6.45) is 22.3. The Bertz CT molecular complexity index is 434. The topological polar surface area (TPSA) is 69.6 Å². The molecule has 0 aliphatic heterocycles. The molecule has 0 heterocycles. The van der Waals surface area contributed by atoms with Crippen LogP contribution < -0.4 is 5.32 Å². The maximum absolute atomic E-state index is 12.3. The highest BCUT2D eigenvalue weighted by Crippen LogP contribution is 2.13. The van der Waals surface area contributed by atoms with Crippen molar-refractivity contribution in [1.82, 2.24) is 5.32 Å². The summed E-state index contributed by atoms with van der Waals surface area (Å²) in [5, 5.41) is 21.8. The van der Waals surface area contributed by atoms with E-state index in [1.165, 1.54) is 70.6 Å². The predicted molar refractivity (Wildman–Crippen MR) is 132 cm³/mol. The first-order valence-electron chi connectivity index (χ1n) is 13.0. The first-order chi connectivity index (χ1) is 15.0. The summed E-state index contributed by atoms with van der Waals surface area (Å²) < 4.78 is 0.474. The van der Waals surface area contributed by atoms with Crippen molar-refractivity contribution in [3.8, 4) is 0 Å². The van der Waals surface area contributed by atoms with Crippen molar-refractivity contribution in [2.75, 3.05) is 33.4 Å². The molecule has 0 aliphatic rings. The number of carbonyl (C=O) groups is 1. The monoisotopic (exact) mass is 441 g/mol. The molecule has 0 aromatic carbocycles. The summed E-state index contributed by atoms with van der Waals surface area (Å²) in [6.45, 7) is 5.48. The van der Waals surface area contributed by atoms with Gasteiger partial charge < -0.3 is 20.0 Å². The van der Waals surface area contributed by atoms with E-state index in [0.717, 1.165) is 19.3 Å². The van der Waals surface area contributed by atoms with E-state index in [1.807, 2.05) is 14.0 Å². The number of unbranched alkanes of at least 4 members (excludes halogenated alkanes) is 11. The molecule has 0 aromatic heterocycles. The van der Waals surface area contributed by atoms with Gasteiger partial charge in [-0.25, -0.2) is 0 Å². The molecule has 3 N–H and O–H groups in total. The molecular formula is C26H53N2O3+. The molecule has 0 saturated heterocycles. The standard InChI is InChI=1S/C26H52N2O3/c1-4-6-7-8-9-10-11-12-13-14-15-16-17-18-19-20-26(31)27-25(5-2)28(3,21-23-29)22-24-30/h12-13,25,29-30H,4-11,14-24H2,1-3H3/p+1/b13-12-. The fraction of sp³-hybridized carbons (Fsp3) is 0.885. The minimum atomic E-state index is -0.0603. The first-order valence-corrected chi connectivity index (χ1v) is 13.0. The van der Waals surface area contributed by atoms with Crippen LogP contribution in [0.3, 0.4) is 0 Å². The summed E-state index contributed by atoms with van der Waals surface area (Å²) in [7, 11) is 1.99. The number of nitrogens with zero attached hydrogens (tertiary/aromatic N) is 1. The smallest absolute Gasteiger partial charge is 0.224 e. The van der Waals surface area contributed by atoms with E-state index in [4.69, 9.17) is 0 Å². The zero-order valence-corrected chi connectivity index (χ0v) is 20.9. The van der Waals surface area contributed by atoms with Crippen LogP contribution in [0, 0.1) is 0 Å². The second-order valence-electron chi connectivity index (χ2n) is 9.20. The Morgan fingerprint density at radius 1 is 0.806 bits per heavy atom. The lowest BCUT2D eigenvalue weighted by molar-refractivity contribution is -0.936. The molecule has 0 saturated carbocycles. The van der Waals surface area contributed by atoms with Crippen molar-refractivity contribution >= 4 is 5.91 Å². The number of allylic oxidation sites excluding steroid dienone is 2. The van der Waals surface area contributed by atoms with Gasteiger partial charge >= 0.3 is 0 Å². The number of hydrogen-bond donors (Lipinski definition) is 3.